The van der Waals surface area contributed by atoms with Crippen molar-refractivity contribution in [1.82, 2.24) is 0 Å². The van der Waals surface area contributed by atoms with Gasteiger partial charge < -0.3 is 5.11 Å². The number of rotatable bonds is 7. The average molecular weight is 388 g/mol. The largest absolute Gasteiger partial charge is 0.481 e. The first kappa shape index (κ1) is 18.6. The maximum absolute atomic E-state index is 12.9. The molecule has 0 amide bonds. The zero-order valence-corrected chi connectivity index (χ0v) is 14.9. The van der Waals surface area contributed by atoms with Crippen molar-refractivity contribution in [2.24, 2.45) is 0 Å². The molecule has 0 bridgehead atoms. The molecular formula is C16H15Cl2NO4S. The van der Waals surface area contributed by atoms with Crippen LogP contribution in [0.3, 0.4) is 0 Å². The van der Waals surface area contributed by atoms with Gasteiger partial charge in [0.1, 0.15) is 0 Å². The van der Waals surface area contributed by atoms with Gasteiger partial charge in [0.25, 0.3) is 10.0 Å². The number of nitrogens with zero attached hydrogens (tertiary/aromatic N) is 1. The second kappa shape index (κ2) is 7.88. The Morgan fingerprint density at radius 1 is 1.04 bits per heavy atom. The zero-order valence-electron chi connectivity index (χ0n) is 12.5. The third-order valence-corrected chi connectivity index (χ3v) is 5.67. The number of carboxylic acids is 1. The molecular weight excluding hydrogens is 373 g/mol. The molecule has 0 saturated heterocycles. The molecule has 2 aromatic carbocycles. The molecule has 0 aromatic heterocycles. The fraction of sp³-hybridized carbons (Fsp3) is 0.188. The summed E-state index contributed by atoms with van der Waals surface area (Å²) in [6, 6.07) is 12.3. The molecule has 0 radical (unpaired) electrons. The Hall–Kier alpha value is -1.76. The van der Waals surface area contributed by atoms with Crippen molar-refractivity contribution in [3.05, 3.63) is 58.6 Å². The van der Waals surface area contributed by atoms with Crippen LogP contribution >= 0.6 is 23.2 Å². The number of aliphatic carboxylic acids is 1. The van der Waals surface area contributed by atoms with Gasteiger partial charge in [0.2, 0.25) is 0 Å². The van der Waals surface area contributed by atoms with Crippen molar-refractivity contribution in [3.8, 4) is 0 Å². The third kappa shape index (κ3) is 4.41. The van der Waals surface area contributed by atoms with Gasteiger partial charge >= 0.3 is 5.97 Å². The summed E-state index contributed by atoms with van der Waals surface area (Å²) in [5, 5.41) is 9.48. The van der Waals surface area contributed by atoms with E-state index < -0.39 is 16.0 Å². The monoisotopic (exact) mass is 387 g/mol. The predicted octanol–water partition coefficient (Wildman–Crippen LogP) is 4.05. The fourth-order valence-corrected chi connectivity index (χ4v) is 4.07. The number of anilines is 1. The molecule has 5 nitrogen and oxygen atoms in total. The van der Waals surface area contributed by atoms with Gasteiger partial charge in [-0.15, -0.1) is 0 Å². The predicted molar refractivity (Wildman–Crippen MR) is 94.3 cm³/mol. The molecule has 1 N–H and O–H groups in total. The molecule has 0 fully saturated rings. The van der Waals surface area contributed by atoms with Crippen LogP contribution in [0.2, 0.25) is 10.0 Å². The van der Waals surface area contributed by atoms with Crippen molar-refractivity contribution < 1.29 is 18.3 Å². The fourth-order valence-electron chi connectivity index (χ4n) is 2.13. The standard InChI is InChI=1S/C16H15Cl2NO4S/c17-12-7-9-13(10-8-12)24(22,23)19(11-3-6-16(20)21)15-5-2-1-4-14(15)18/h1-2,4-5,7-10H,3,6,11H2,(H,20,21). The quantitative estimate of drug-likeness (QED) is 0.777. The van der Waals surface area contributed by atoms with E-state index in [-0.39, 0.29) is 29.3 Å². The molecule has 0 atom stereocenters. The van der Waals surface area contributed by atoms with Crippen molar-refractivity contribution in [2.45, 2.75) is 17.7 Å². The minimum absolute atomic E-state index is 0.000985. The molecule has 0 unspecified atom stereocenters. The highest BCUT2D eigenvalue weighted by molar-refractivity contribution is 7.92. The van der Waals surface area contributed by atoms with Crippen LogP contribution in [0.25, 0.3) is 0 Å². The van der Waals surface area contributed by atoms with Crippen LogP contribution in [0.15, 0.2) is 53.4 Å². The summed E-state index contributed by atoms with van der Waals surface area (Å²) < 4.78 is 27.0. The van der Waals surface area contributed by atoms with E-state index in [2.05, 4.69) is 0 Å². The molecule has 2 rings (SSSR count). The van der Waals surface area contributed by atoms with Gasteiger partial charge in [-0.25, -0.2) is 8.42 Å². The Kier molecular flexibility index (Phi) is 6.10. The first-order valence-electron chi connectivity index (χ1n) is 7.07. The normalized spacial score (nSPS) is 11.2. The van der Waals surface area contributed by atoms with E-state index in [1.54, 1.807) is 24.3 Å². The first-order valence-corrected chi connectivity index (χ1v) is 9.26. The van der Waals surface area contributed by atoms with E-state index in [0.29, 0.717) is 10.7 Å². The Bertz CT molecular complexity index is 822. The summed E-state index contributed by atoms with van der Waals surface area (Å²) in [6.07, 6.45) is 0.0183. The molecule has 0 aliphatic carbocycles. The van der Waals surface area contributed by atoms with Gasteiger partial charge in [-0.05, 0) is 42.8 Å². The van der Waals surface area contributed by atoms with Gasteiger partial charge in [0, 0.05) is 18.0 Å². The highest BCUT2D eigenvalue weighted by Gasteiger charge is 2.26. The van der Waals surface area contributed by atoms with Gasteiger partial charge in [-0.2, -0.15) is 0 Å². The van der Waals surface area contributed by atoms with Crippen molar-refractivity contribution >= 4 is 44.9 Å². The summed E-state index contributed by atoms with van der Waals surface area (Å²) in [7, 11) is -3.89. The lowest BCUT2D eigenvalue weighted by atomic mass is 10.3. The van der Waals surface area contributed by atoms with Crippen molar-refractivity contribution in [1.29, 1.82) is 0 Å². The number of sulfonamides is 1. The van der Waals surface area contributed by atoms with E-state index in [1.807, 2.05) is 0 Å². The maximum Gasteiger partial charge on any atom is 0.303 e. The molecule has 0 aliphatic rings. The maximum atomic E-state index is 12.9. The van der Waals surface area contributed by atoms with Crippen LogP contribution in [0.5, 0.6) is 0 Å². The number of carboxylic acid groups (broad SMARTS) is 1. The summed E-state index contributed by atoms with van der Waals surface area (Å²) >= 11 is 11.9. The second-order valence-corrected chi connectivity index (χ2v) is 7.69. The topological polar surface area (TPSA) is 74.7 Å². The number of halogens is 2. The van der Waals surface area contributed by atoms with Gasteiger partial charge in [0.05, 0.1) is 15.6 Å². The minimum atomic E-state index is -3.89. The number of benzene rings is 2. The van der Waals surface area contributed by atoms with Crippen LogP contribution in [0.1, 0.15) is 12.8 Å². The lowest BCUT2D eigenvalue weighted by Crippen LogP contribution is -2.32. The highest BCUT2D eigenvalue weighted by Crippen LogP contribution is 2.31. The SMILES string of the molecule is O=C(O)CCCN(c1ccccc1Cl)S(=O)(=O)c1ccc(Cl)cc1. The van der Waals surface area contributed by atoms with Crippen LogP contribution < -0.4 is 4.31 Å². The highest BCUT2D eigenvalue weighted by atomic mass is 35.5. The van der Waals surface area contributed by atoms with Crippen molar-refractivity contribution in [3.63, 3.8) is 0 Å². The van der Waals surface area contributed by atoms with Crippen molar-refractivity contribution in [2.75, 3.05) is 10.8 Å². The minimum Gasteiger partial charge on any atom is -0.481 e. The van der Waals surface area contributed by atoms with E-state index in [9.17, 15) is 13.2 Å². The van der Waals surface area contributed by atoms with E-state index >= 15 is 0 Å². The van der Waals surface area contributed by atoms with Crippen LogP contribution in [0, 0.1) is 0 Å². The number of hydrogen-bond donors (Lipinski definition) is 1. The van der Waals surface area contributed by atoms with E-state index in [4.69, 9.17) is 28.3 Å². The Morgan fingerprint density at radius 3 is 2.25 bits per heavy atom. The molecule has 8 heteroatoms. The zero-order chi connectivity index (χ0) is 17.7. The third-order valence-electron chi connectivity index (χ3n) is 3.27. The molecule has 0 saturated carbocycles. The van der Waals surface area contributed by atoms with Crippen LogP contribution in [0.4, 0.5) is 5.69 Å². The van der Waals surface area contributed by atoms with Gasteiger partial charge in [0.15, 0.2) is 0 Å². The smallest absolute Gasteiger partial charge is 0.303 e. The van der Waals surface area contributed by atoms with E-state index in [0.717, 1.165) is 4.31 Å². The summed E-state index contributed by atoms with van der Waals surface area (Å²) in [5.74, 6) is -0.988. The first-order chi connectivity index (χ1) is 11.3. The van der Waals surface area contributed by atoms with Crippen LogP contribution in [-0.4, -0.2) is 26.0 Å². The Balaban J connectivity index is 2.42. The molecule has 24 heavy (non-hydrogen) atoms. The summed E-state index contributed by atoms with van der Waals surface area (Å²) in [4.78, 5) is 10.8. The van der Waals surface area contributed by atoms with Crippen LogP contribution in [-0.2, 0) is 14.8 Å². The molecule has 0 spiro atoms. The van der Waals surface area contributed by atoms with E-state index in [1.165, 1.54) is 24.3 Å². The summed E-state index contributed by atoms with van der Waals surface area (Å²) in [6.45, 7) is 0.000985. The average Bonchev–Trinajstić information content (AvgIpc) is 2.52. The van der Waals surface area contributed by atoms with Gasteiger partial charge in [-0.3, -0.25) is 9.10 Å². The lowest BCUT2D eigenvalue weighted by Gasteiger charge is -2.25. The lowest BCUT2D eigenvalue weighted by molar-refractivity contribution is -0.137. The van der Waals surface area contributed by atoms with Gasteiger partial charge in [-0.1, -0.05) is 35.3 Å². The molecule has 0 heterocycles. The molecule has 0 aliphatic heterocycles. The Morgan fingerprint density at radius 2 is 1.67 bits per heavy atom. The second-order valence-electron chi connectivity index (χ2n) is 4.98. The number of para-hydroxylation sites is 1. The molecule has 128 valence electrons. The molecule has 2 aromatic rings. The Labute approximate surface area is 150 Å². The number of hydrogen-bond acceptors (Lipinski definition) is 3. The number of carbonyl (C=O) groups is 1. The summed E-state index contributed by atoms with van der Waals surface area (Å²) in [5.41, 5.74) is 0.305.